The van der Waals surface area contributed by atoms with Crippen LogP contribution in [-0.2, 0) is 21.9 Å². The molecule has 0 aromatic heterocycles. The third-order valence-corrected chi connectivity index (χ3v) is 7.99. The Morgan fingerprint density at radius 2 is 1.67 bits per heavy atom. The first-order valence-electron chi connectivity index (χ1n) is 12.0. The van der Waals surface area contributed by atoms with Gasteiger partial charge in [-0.2, -0.15) is 0 Å². The topological polar surface area (TPSA) is 86.8 Å². The van der Waals surface area contributed by atoms with Crippen molar-refractivity contribution < 1.29 is 28.0 Å². The van der Waals surface area contributed by atoms with Gasteiger partial charge in [0.15, 0.2) is 0 Å². The van der Waals surface area contributed by atoms with Crippen LogP contribution in [0.3, 0.4) is 0 Å². The van der Waals surface area contributed by atoms with E-state index < -0.39 is 35.5 Å². The van der Waals surface area contributed by atoms with E-state index in [-0.39, 0.29) is 29.8 Å². The Morgan fingerprint density at radius 1 is 0.917 bits per heavy atom. The second kappa shape index (κ2) is 10.1. The van der Waals surface area contributed by atoms with Crippen molar-refractivity contribution in [3.05, 3.63) is 64.2 Å². The van der Waals surface area contributed by atoms with E-state index >= 15 is 0 Å². The van der Waals surface area contributed by atoms with Crippen LogP contribution in [0.5, 0.6) is 0 Å². The van der Waals surface area contributed by atoms with Crippen molar-refractivity contribution in [2.75, 3.05) is 13.1 Å². The number of carbonyl (C=O) groups is 4. The molecule has 2 saturated heterocycles. The summed E-state index contributed by atoms with van der Waals surface area (Å²) in [5.74, 6) is -3.74. The van der Waals surface area contributed by atoms with E-state index in [9.17, 15) is 28.0 Å². The van der Waals surface area contributed by atoms with Crippen molar-refractivity contribution in [2.24, 2.45) is 0 Å². The Bertz CT molecular complexity index is 1260. The first-order chi connectivity index (χ1) is 17.3. The Hall–Kier alpha value is -3.11. The second-order valence-corrected chi connectivity index (χ2v) is 10.3. The number of thioether (sulfide) groups is 1. The average Bonchev–Trinajstić information content (AvgIpc) is 3.12. The third-order valence-electron chi connectivity index (χ3n) is 6.86. The van der Waals surface area contributed by atoms with Crippen LogP contribution in [0.2, 0.25) is 0 Å². The minimum Gasteiger partial charge on any atom is -0.299 e. The van der Waals surface area contributed by atoms with Gasteiger partial charge in [0.1, 0.15) is 17.7 Å². The van der Waals surface area contributed by atoms with Crippen LogP contribution >= 0.6 is 11.8 Å². The predicted octanol–water partition coefficient (Wildman–Crippen LogP) is 3.64. The first kappa shape index (κ1) is 24.6. The van der Waals surface area contributed by atoms with Crippen molar-refractivity contribution in [3.63, 3.8) is 0 Å². The van der Waals surface area contributed by atoms with E-state index in [0.717, 1.165) is 36.9 Å². The number of piperidine rings is 2. The van der Waals surface area contributed by atoms with Crippen LogP contribution in [0.15, 0.2) is 35.2 Å². The highest BCUT2D eigenvalue weighted by Gasteiger charge is 2.47. The van der Waals surface area contributed by atoms with Gasteiger partial charge in [0.25, 0.3) is 11.8 Å². The number of hydrogen-bond acceptors (Lipinski definition) is 6. The molecule has 0 aliphatic carbocycles. The maximum Gasteiger partial charge on any atom is 0.265 e. The zero-order chi connectivity index (χ0) is 25.4. The lowest BCUT2D eigenvalue weighted by Crippen LogP contribution is -2.54. The van der Waals surface area contributed by atoms with Crippen LogP contribution in [0.4, 0.5) is 8.78 Å². The molecule has 188 valence electrons. The van der Waals surface area contributed by atoms with E-state index in [0.29, 0.717) is 28.3 Å². The lowest BCUT2D eigenvalue weighted by atomic mass is 10.0. The molecule has 1 atom stereocenters. The monoisotopic (exact) mass is 513 g/mol. The number of imide groups is 2. The Balaban J connectivity index is 1.33. The summed E-state index contributed by atoms with van der Waals surface area (Å²) in [5.41, 5.74) is 0.848. The number of benzene rings is 2. The molecule has 0 bridgehead atoms. The summed E-state index contributed by atoms with van der Waals surface area (Å²) >= 11 is 1.20. The number of hydrogen-bond donors (Lipinski definition) is 1. The van der Waals surface area contributed by atoms with Gasteiger partial charge in [-0.1, -0.05) is 18.6 Å². The minimum absolute atomic E-state index is 0.0106. The zero-order valence-electron chi connectivity index (χ0n) is 19.5. The standard InChI is InChI=1S/C26H25F2N3O4S/c27-17-6-8-20(23-22(17)25(34)31(26(23)35)19-7-9-21(32)29-24(19)33)36-14-15-4-5-16(18(28)12-15)13-30-10-2-1-3-11-30/h4-6,8,12,19H,1-3,7,9-11,13-14H2,(H,29,32,33). The molecule has 3 aliphatic heterocycles. The number of amides is 4. The summed E-state index contributed by atoms with van der Waals surface area (Å²) in [4.78, 5) is 53.3. The summed E-state index contributed by atoms with van der Waals surface area (Å²) in [6, 6.07) is 6.44. The fraction of sp³-hybridized carbons (Fsp3) is 0.385. The number of fused-ring (bicyclic) bond motifs is 1. The number of halogens is 2. The Morgan fingerprint density at radius 3 is 2.39 bits per heavy atom. The zero-order valence-corrected chi connectivity index (χ0v) is 20.3. The molecule has 5 rings (SSSR count). The molecule has 36 heavy (non-hydrogen) atoms. The summed E-state index contributed by atoms with van der Waals surface area (Å²) in [5, 5.41) is 2.12. The van der Waals surface area contributed by atoms with Crippen molar-refractivity contribution in [1.82, 2.24) is 15.1 Å². The lowest BCUT2D eigenvalue weighted by molar-refractivity contribution is -0.136. The molecule has 0 spiro atoms. The van der Waals surface area contributed by atoms with Crippen molar-refractivity contribution in [2.45, 2.75) is 55.3 Å². The van der Waals surface area contributed by atoms with Gasteiger partial charge < -0.3 is 0 Å². The van der Waals surface area contributed by atoms with Crippen molar-refractivity contribution >= 4 is 35.4 Å². The summed E-state index contributed by atoms with van der Waals surface area (Å²) < 4.78 is 29.4. The Labute approximate surface area is 211 Å². The smallest absolute Gasteiger partial charge is 0.265 e. The van der Waals surface area contributed by atoms with Gasteiger partial charge >= 0.3 is 0 Å². The number of rotatable bonds is 6. The molecule has 2 aromatic carbocycles. The maximum atomic E-state index is 14.8. The van der Waals surface area contributed by atoms with E-state index in [1.807, 2.05) is 6.07 Å². The van der Waals surface area contributed by atoms with Gasteiger partial charge in [-0.3, -0.25) is 34.3 Å². The molecule has 1 N–H and O–H groups in total. The molecule has 0 radical (unpaired) electrons. The summed E-state index contributed by atoms with van der Waals surface area (Å²) in [6.07, 6.45) is 3.43. The largest absolute Gasteiger partial charge is 0.299 e. The van der Waals surface area contributed by atoms with E-state index in [1.54, 1.807) is 6.07 Å². The van der Waals surface area contributed by atoms with E-state index in [1.165, 1.54) is 30.3 Å². The highest BCUT2D eigenvalue weighted by molar-refractivity contribution is 7.98. The Kier molecular flexibility index (Phi) is 6.90. The number of nitrogens with zero attached hydrogens (tertiary/aromatic N) is 2. The molecular weight excluding hydrogens is 488 g/mol. The predicted molar refractivity (Wildman–Crippen MR) is 128 cm³/mol. The third kappa shape index (κ3) is 4.67. The van der Waals surface area contributed by atoms with Gasteiger partial charge in [-0.25, -0.2) is 8.78 Å². The van der Waals surface area contributed by atoms with Crippen molar-refractivity contribution in [1.29, 1.82) is 0 Å². The number of nitrogens with one attached hydrogen (secondary N) is 1. The van der Waals surface area contributed by atoms with Crippen LogP contribution < -0.4 is 5.32 Å². The lowest BCUT2D eigenvalue weighted by Gasteiger charge is -2.27. The molecule has 7 nitrogen and oxygen atoms in total. The molecular formula is C26H25F2N3O4S. The maximum absolute atomic E-state index is 14.8. The van der Waals surface area contributed by atoms with Crippen LogP contribution in [0.1, 0.15) is 63.9 Å². The molecule has 4 amide bonds. The van der Waals surface area contributed by atoms with Gasteiger partial charge in [0, 0.05) is 29.2 Å². The molecule has 2 aromatic rings. The van der Waals surface area contributed by atoms with Gasteiger partial charge in [-0.15, -0.1) is 11.8 Å². The van der Waals surface area contributed by atoms with Crippen molar-refractivity contribution in [3.8, 4) is 0 Å². The molecule has 3 aliphatic rings. The van der Waals surface area contributed by atoms with Gasteiger partial charge in [-0.05, 0) is 56.1 Å². The first-order valence-corrected chi connectivity index (χ1v) is 13.0. The highest BCUT2D eigenvalue weighted by atomic mass is 32.2. The number of carbonyl (C=O) groups excluding carboxylic acids is 4. The highest BCUT2D eigenvalue weighted by Crippen LogP contribution is 2.37. The fourth-order valence-corrected chi connectivity index (χ4v) is 5.97. The normalized spacial score (nSPS) is 20.6. The molecule has 2 fully saturated rings. The quantitative estimate of drug-likeness (QED) is 0.469. The SMILES string of the molecule is O=C1CCC(N2C(=O)c3c(F)ccc(SCc4ccc(CN5CCCCC5)c(F)c4)c3C2=O)C(=O)N1. The second-order valence-electron chi connectivity index (χ2n) is 9.29. The van der Waals surface area contributed by atoms with Gasteiger partial charge in [0.05, 0.1) is 11.1 Å². The molecule has 0 saturated carbocycles. The van der Waals surface area contributed by atoms with E-state index in [2.05, 4.69) is 10.2 Å². The number of likely N-dealkylation sites (tertiary alicyclic amines) is 1. The molecule has 1 unspecified atom stereocenters. The molecule has 3 heterocycles. The average molecular weight is 514 g/mol. The van der Waals surface area contributed by atoms with E-state index in [4.69, 9.17) is 0 Å². The van der Waals surface area contributed by atoms with Crippen LogP contribution in [0.25, 0.3) is 0 Å². The summed E-state index contributed by atoms with van der Waals surface area (Å²) in [6.45, 7) is 2.50. The van der Waals surface area contributed by atoms with Crippen LogP contribution in [0, 0.1) is 11.6 Å². The van der Waals surface area contributed by atoms with Gasteiger partial charge in [0.2, 0.25) is 11.8 Å². The van der Waals surface area contributed by atoms with Crippen LogP contribution in [-0.4, -0.2) is 52.6 Å². The summed E-state index contributed by atoms with van der Waals surface area (Å²) in [7, 11) is 0. The fourth-order valence-electron chi connectivity index (χ4n) is 4.97. The minimum atomic E-state index is -1.17. The molecule has 10 heteroatoms.